The quantitative estimate of drug-likeness (QED) is 0.713. The van der Waals surface area contributed by atoms with Crippen LogP contribution < -0.4 is 20.1 Å². The number of methoxy groups -OCH3 is 2. The van der Waals surface area contributed by atoms with Crippen LogP contribution in [0.15, 0.2) is 42.5 Å². The second kappa shape index (κ2) is 7.88. The second-order valence-electron chi connectivity index (χ2n) is 6.38. The van der Waals surface area contributed by atoms with Crippen molar-refractivity contribution in [2.75, 3.05) is 19.5 Å². The van der Waals surface area contributed by atoms with Crippen molar-refractivity contribution in [1.29, 1.82) is 0 Å². The maximum Gasteiger partial charge on any atom is 0.240 e. The van der Waals surface area contributed by atoms with Crippen LogP contribution in [0.3, 0.4) is 0 Å². The number of nitrogens with one attached hydrogen (secondary N) is 2. The minimum absolute atomic E-state index is 0.277. The standard InChI is InChI=1S/C20H21ClN2O4/c1-26-14-7-8-16(17(11-14)27-2)23-19(25)20(9-10-20)18(24)22-12-13-5-3-4-6-15(13)21/h3-8,11H,9-10,12H2,1-2H3,(H,22,24)(H,23,25). The largest absolute Gasteiger partial charge is 0.497 e. The molecule has 142 valence electrons. The number of rotatable bonds is 7. The second-order valence-corrected chi connectivity index (χ2v) is 6.78. The third-order valence-electron chi connectivity index (χ3n) is 4.67. The lowest BCUT2D eigenvalue weighted by molar-refractivity contribution is -0.134. The number of ether oxygens (including phenoxy) is 2. The number of hydrogen-bond acceptors (Lipinski definition) is 4. The Morgan fingerprint density at radius 2 is 1.81 bits per heavy atom. The molecule has 0 unspecified atom stereocenters. The summed E-state index contributed by atoms with van der Waals surface area (Å²) in [6.07, 6.45) is 1.01. The van der Waals surface area contributed by atoms with Crippen molar-refractivity contribution < 1.29 is 19.1 Å². The first-order valence-corrected chi connectivity index (χ1v) is 8.93. The summed E-state index contributed by atoms with van der Waals surface area (Å²) >= 11 is 6.11. The monoisotopic (exact) mass is 388 g/mol. The fraction of sp³-hybridized carbons (Fsp3) is 0.300. The van der Waals surface area contributed by atoms with Crippen molar-refractivity contribution in [2.24, 2.45) is 5.41 Å². The number of hydrogen-bond donors (Lipinski definition) is 2. The Kier molecular flexibility index (Phi) is 5.56. The Hall–Kier alpha value is -2.73. The van der Waals surface area contributed by atoms with Crippen molar-refractivity contribution in [3.05, 3.63) is 53.1 Å². The van der Waals surface area contributed by atoms with E-state index in [2.05, 4.69) is 10.6 Å². The highest BCUT2D eigenvalue weighted by Gasteiger charge is 2.56. The van der Waals surface area contributed by atoms with E-state index in [0.717, 1.165) is 5.56 Å². The van der Waals surface area contributed by atoms with Gasteiger partial charge in [-0.15, -0.1) is 0 Å². The summed E-state index contributed by atoms with van der Waals surface area (Å²) in [5.41, 5.74) is 0.251. The molecule has 1 aliphatic carbocycles. The summed E-state index contributed by atoms with van der Waals surface area (Å²) in [7, 11) is 3.06. The van der Waals surface area contributed by atoms with Gasteiger partial charge >= 0.3 is 0 Å². The van der Waals surface area contributed by atoms with Crippen LogP contribution in [0.4, 0.5) is 5.69 Å². The number of carbonyl (C=O) groups is 2. The fourth-order valence-corrected chi connectivity index (χ4v) is 3.01. The van der Waals surface area contributed by atoms with Gasteiger partial charge in [0.05, 0.1) is 19.9 Å². The molecule has 0 heterocycles. The van der Waals surface area contributed by atoms with Gasteiger partial charge in [-0.3, -0.25) is 9.59 Å². The minimum Gasteiger partial charge on any atom is -0.497 e. The van der Waals surface area contributed by atoms with Gasteiger partial charge in [-0.25, -0.2) is 0 Å². The van der Waals surface area contributed by atoms with Gasteiger partial charge in [0.1, 0.15) is 16.9 Å². The molecule has 1 saturated carbocycles. The smallest absolute Gasteiger partial charge is 0.240 e. The van der Waals surface area contributed by atoms with Gasteiger partial charge in [0, 0.05) is 17.6 Å². The zero-order valence-electron chi connectivity index (χ0n) is 15.2. The zero-order valence-corrected chi connectivity index (χ0v) is 15.9. The molecule has 1 fully saturated rings. The van der Waals surface area contributed by atoms with Crippen molar-refractivity contribution in [3.63, 3.8) is 0 Å². The van der Waals surface area contributed by atoms with E-state index in [4.69, 9.17) is 21.1 Å². The normalized spacial score (nSPS) is 14.2. The molecule has 0 saturated heterocycles. The zero-order chi connectivity index (χ0) is 19.4. The number of carbonyl (C=O) groups excluding carboxylic acids is 2. The van der Waals surface area contributed by atoms with E-state index >= 15 is 0 Å². The number of halogens is 1. The predicted molar refractivity (Wildman–Crippen MR) is 103 cm³/mol. The number of benzene rings is 2. The molecule has 0 aliphatic heterocycles. The van der Waals surface area contributed by atoms with Gasteiger partial charge in [-0.05, 0) is 36.6 Å². The summed E-state index contributed by atoms with van der Waals surface area (Å²) in [6, 6.07) is 12.4. The minimum atomic E-state index is -1.05. The summed E-state index contributed by atoms with van der Waals surface area (Å²) in [5.74, 6) is 0.438. The Balaban J connectivity index is 1.67. The third-order valence-corrected chi connectivity index (χ3v) is 5.04. The van der Waals surface area contributed by atoms with Crippen LogP contribution in [0.25, 0.3) is 0 Å². The summed E-state index contributed by atoms with van der Waals surface area (Å²) in [4.78, 5) is 25.4. The lowest BCUT2D eigenvalue weighted by atomic mass is 10.0. The van der Waals surface area contributed by atoms with E-state index in [1.165, 1.54) is 7.11 Å². The molecule has 3 rings (SSSR count). The molecule has 0 radical (unpaired) electrons. The fourth-order valence-electron chi connectivity index (χ4n) is 2.81. The average Bonchev–Trinajstić information content (AvgIpc) is 3.49. The Labute approximate surface area is 162 Å². The van der Waals surface area contributed by atoms with E-state index in [9.17, 15) is 9.59 Å². The molecule has 2 amide bonds. The summed E-state index contributed by atoms with van der Waals surface area (Å²) < 4.78 is 10.4. The molecular weight excluding hydrogens is 368 g/mol. The van der Waals surface area contributed by atoms with Crippen LogP contribution in [-0.2, 0) is 16.1 Å². The van der Waals surface area contributed by atoms with Gasteiger partial charge in [0.25, 0.3) is 0 Å². The molecule has 0 aromatic heterocycles. The Bertz CT molecular complexity index is 865. The van der Waals surface area contributed by atoms with Gasteiger partial charge in [0.15, 0.2) is 0 Å². The van der Waals surface area contributed by atoms with Crippen LogP contribution >= 0.6 is 11.6 Å². The molecule has 2 aromatic carbocycles. The third kappa shape index (κ3) is 4.01. The van der Waals surface area contributed by atoms with E-state index in [1.54, 1.807) is 31.4 Å². The van der Waals surface area contributed by atoms with Crippen molar-refractivity contribution >= 4 is 29.1 Å². The molecular formula is C20H21ClN2O4. The van der Waals surface area contributed by atoms with Crippen LogP contribution in [0, 0.1) is 5.41 Å². The maximum absolute atomic E-state index is 12.8. The molecule has 0 atom stereocenters. The van der Waals surface area contributed by atoms with Crippen LogP contribution in [0.2, 0.25) is 5.02 Å². The molecule has 27 heavy (non-hydrogen) atoms. The molecule has 6 nitrogen and oxygen atoms in total. The summed E-state index contributed by atoms with van der Waals surface area (Å²) in [6.45, 7) is 0.277. The van der Waals surface area contributed by atoms with Crippen molar-refractivity contribution in [2.45, 2.75) is 19.4 Å². The summed E-state index contributed by atoms with van der Waals surface area (Å²) in [5, 5.41) is 6.20. The van der Waals surface area contributed by atoms with E-state index in [1.807, 2.05) is 18.2 Å². The highest BCUT2D eigenvalue weighted by atomic mass is 35.5. The van der Waals surface area contributed by atoms with Gasteiger partial charge in [-0.2, -0.15) is 0 Å². The Morgan fingerprint density at radius 1 is 1.07 bits per heavy atom. The van der Waals surface area contributed by atoms with Crippen LogP contribution in [0.1, 0.15) is 18.4 Å². The highest BCUT2D eigenvalue weighted by Crippen LogP contribution is 2.47. The van der Waals surface area contributed by atoms with Gasteiger partial charge in [0.2, 0.25) is 11.8 Å². The molecule has 0 spiro atoms. The first-order valence-electron chi connectivity index (χ1n) is 8.55. The van der Waals surface area contributed by atoms with E-state index < -0.39 is 5.41 Å². The Morgan fingerprint density at radius 3 is 2.44 bits per heavy atom. The molecule has 0 bridgehead atoms. The predicted octanol–water partition coefficient (Wildman–Crippen LogP) is 3.39. The van der Waals surface area contributed by atoms with Crippen LogP contribution in [0.5, 0.6) is 11.5 Å². The molecule has 1 aliphatic rings. The van der Waals surface area contributed by atoms with Crippen molar-refractivity contribution in [1.82, 2.24) is 5.32 Å². The van der Waals surface area contributed by atoms with E-state index in [0.29, 0.717) is 35.1 Å². The lowest BCUT2D eigenvalue weighted by Gasteiger charge is -2.17. The molecule has 7 heteroatoms. The van der Waals surface area contributed by atoms with Crippen LogP contribution in [-0.4, -0.2) is 26.0 Å². The lowest BCUT2D eigenvalue weighted by Crippen LogP contribution is -2.39. The molecule has 2 aromatic rings. The SMILES string of the molecule is COc1ccc(NC(=O)C2(C(=O)NCc3ccccc3Cl)CC2)c(OC)c1. The topological polar surface area (TPSA) is 76.7 Å². The van der Waals surface area contributed by atoms with Gasteiger partial charge in [-0.1, -0.05) is 29.8 Å². The van der Waals surface area contributed by atoms with Crippen molar-refractivity contribution in [3.8, 4) is 11.5 Å². The molecule has 2 N–H and O–H groups in total. The number of amides is 2. The van der Waals surface area contributed by atoms with Gasteiger partial charge < -0.3 is 20.1 Å². The average molecular weight is 389 g/mol. The highest BCUT2D eigenvalue weighted by molar-refractivity contribution is 6.31. The van der Waals surface area contributed by atoms with E-state index in [-0.39, 0.29) is 18.4 Å². The number of anilines is 1. The first-order chi connectivity index (χ1) is 13.0. The first kappa shape index (κ1) is 19.0. The maximum atomic E-state index is 12.8.